The lowest BCUT2D eigenvalue weighted by molar-refractivity contribution is 0.387. The number of anilines is 3. The number of nitrogens with one attached hydrogen (secondary N) is 3. The number of benzene rings is 2. The smallest absolute Gasteiger partial charge is 0.225 e. The molecule has 0 unspecified atom stereocenters. The van der Waals surface area contributed by atoms with Gasteiger partial charge in [-0.15, -0.1) is 0 Å². The van der Waals surface area contributed by atoms with Crippen molar-refractivity contribution in [3.05, 3.63) is 53.6 Å². The van der Waals surface area contributed by atoms with E-state index in [1.54, 1.807) is 0 Å². The average molecular weight is 449 g/mol. The summed E-state index contributed by atoms with van der Waals surface area (Å²) in [5.74, 6) is 1.65. The van der Waals surface area contributed by atoms with Gasteiger partial charge in [-0.3, -0.25) is 0 Å². The van der Waals surface area contributed by atoms with Crippen molar-refractivity contribution < 1.29 is 0 Å². The summed E-state index contributed by atoms with van der Waals surface area (Å²) in [6.07, 6.45) is 4.22. The van der Waals surface area contributed by atoms with Gasteiger partial charge in [0.25, 0.3) is 0 Å². The molecule has 0 radical (unpaired) electrons. The molecule has 1 aromatic heterocycles. The predicted octanol–water partition coefficient (Wildman–Crippen LogP) is 5.02. The Labute approximate surface area is 195 Å². The van der Waals surface area contributed by atoms with E-state index in [-0.39, 0.29) is 0 Å². The minimum absolute atomic E-state index is 0.366. The molecule has 1 aliphatic rings. The number of aromatic nitrogens is 2. The summed E-state index contributed by atoms with van der Waals surface area (Å²) in [4.78, 5) is 11.6. The fourth-order valence-electron chi connectivity index (χ4n) is 4.43. The number of thiocarbonyl (C=S) groups is 1. The SMILES string of the molecule is Cc1cc(C)cc(NC(=S)NC2CCC(Nc3nc(N(C)C)c4ccccc4n3)CC2)c1. The number of nitrogens with zero attached hydrogens (tertiary/aromatic N) is 3. The van der Waals surface area contributed by atoms with E-state index in [0.717, 1.165) is 48.1 Å². The second-order valence-corrected chi connectivity index (χ2v) is 9.36. The number of para-hydroxylation sites is 1. The molecule has 7 heteroatoms. The minimum atomic E-state index is 0.366. The van der Waals surface area contributed by atoms with Crippen molar-refractivity contribution in [1.29, 1.82) is 0 Å². The lowest BCUT2D eigenvalue weighted by Crippen LogP contribution is -2.42. The van der Waals surface area contributed by atoms with Gasteiger partial charge in [-0.05, 0) is 87.1 Å². The molecular formula is C25H32N6S. The van der Waals surface area contributed by atoms with Crippen LogP contribution in [0, 0.1) is 13.8 Å². The third-order valence-electron chi connectivity index (χ3n) is 5.88. The van der Waals surface area contributed by atoms with Gasteiger partial charge in [0, 0.05) is 37.3 Å². The van der Waals surface area contributed by atoms with Crippen molar-refractivity contribution in [1.82, 2.24) is 15.3 Å². The molecule has 1 aliphatic carbocycles. The quantitative estimate of drug-likeness (QED) is 0.474. The van der Waals surface area contributed by atoms with Gasteiger partial charge in [0.05, 0.1) is 5.52 Å². The first-order chi connectivity index (χ1) is 15.4. The van der Waals surface area contributed by atoms with Crippen molar-refractivity contribution in [3.8, 4) is 0 Å². The van der Waals surface area contributed by atoms with Crippen LogP contribution in [0.1, 0.15) is 36.8 Å². The third-order valence-corrected chi connectivity index (χ3v) is 6.10. The first kappa shape index (κ1) is 22.3. The number of fused-ring (bicyclic) bond motifs is 1. The molecule has 1 heterocycles. The standard InChI is InChI=1S/C25H32N6S/c1-16-13-17(2)15-20(14-16)28-25(32)27-19-11-9-18(10-12-19)26-24-29-22-8-6-5-7-21(22)23(30-24)31(3)4/h5-8,13-15,18-19H,9-12H2,1-4H3,(H,26,29,30)(H2,27,28,32). The van der Waals surface area contributed by atoms with Crippen molar-refractivity contribution in [2.75, 3.05) is 29.6 Å². The molecule has 4 rings (SSSR count). The largest absolute Gasteiger partial charge is 0.362 e. The van der Waals surface area contributed by atoms with Crippen molar-refractivity contribution >= 4 is 45.7 Å². The molecule has 6 nitrogen and oxygen atoms in total. The van der Waals surface area contributed by atoms with Gasteiger partial charge in [0.1, 0.15) is 5.82 Å². The summed E-state index contributed by atoms with van der Waals surface area (Å²) in [6.45, 7) is 4.20. The zero-order chi connectivity index (χ0) is 22.7. The Balaban J connectivity index is 1.32. The molecule has 0 amide bonds. The van der Waals surface area contributed by atoms with Crippen LogP contribution in [0.25, 0.3) is 10.9 Å². The molecule has 0 bridgehead atoms. The Morgan fingerprint density at radius 1 is 0.938 bits per heavy atom. The van der Waals surface area contributed by atoms with Crippen molar-refractivity contribution in [3.63, 3.8) is 0 Å². The topological polar surface area (TPSA) is 65.1 Å². The minimum Gasteiger partial charge on any atom is -0.362 e. The Kier molecular flexibility index (Phi) is 6.74. The van der Waals surface area contributed by atoms with Crippen LogP contribution in [0.15, 0.2) is 42.5 Å². The number of hydrogen-bond acceptors (Lipinski definition) is 5. The van der Waals surface area contributed by atoms with E-state index >= 15 is 0 Å². The van der Waals surface area contributed by atoms with Crippen LogP contribution < -0.4 is 20.9 Å². The van der Waals surface area contributed by atoms with E-state index in [0.29, 0.717) is 23.1 Å². The van der Waals surface area contributed by atoms with E-state index in [1.807, 2.05) is 37.2 Å². The molecule has 0 atom stereocenters. The molecule has 1 fully saturated rings. The van der Waals surface area contributed by atoms with Gasteiger partial charge in [0.2, 0.25) is 5.95 Å². The summed E-state index contributed by atoms with van der Waals surface area (Å²) in [7, 11) is 4.04. The Morgan fingerprint density at radius 2 is 1.59 bits per heavy atom. The number of aryl methyl sites for hydroxylation is 2. The first-order valence-electron chi connectivity index (χ1n) is 11.2. The Bertz CT molecular complexity index is 1080. The van der Waals surface area contributed by atoms with Gasteiger partial charge in [0.15, 0.2) is 5.11 Å². The number of hydrogen-bond donors (Lipinski definition) is 3. The van der Waals surface area contributed by atoms with Crippen LogP contribution in [0.3, 0.4) is 0 Å². The van der Waals surface area contributed by atoms with E-state index in [2.05, 4.69) is 54.1 Å². The van der Waals surface area contributed by atoms with Crippen LogP contribution >= 0.6 is 12.2 Å². The highest BCUT2D eigenvalue weighted by Gasteiger charge is 2.23. The number of rotatable bonds is 5. The highest BCUT2D eigenvalue weighted by Crippen LogP contribution is 2.26. The zero-order valence-electron chi connectivity index (χ0n) is 19.3. The summed E-state index contributed by atoms with van der Waals surface area (Å²) in [5, 5.41) is 12.2. The molecule has 1 saturated carbocycles. The normalized spacial score (nSPS) is 18.2. The van der Waals surface area contributed by atoms with Crippen molar-refractivity contribution in [2.24, 2.45) is 0 Å². The second kappa shape index (κ2) is 9.69. The lowest BCUT2D eigenvalue weighted by atomic mass is 9.91. The van der Waals surface area contributed by atoms with E-state index in [1.165, 1.54) is 11.1 Å². The zero-order valence-corrected chi connectivity index (χ0v) is 20.1. The van der Waals surface area contributed by atoms with Gasteiger partial charge in [-0.25, -0.2) is 4.98 Å². The van der Waals surface area contributed by atoms with Crippen LogP contribution in [-0.4, -0.2) is 41.3 Å². The fraction of sp³-hybridized carbons (Fsp3) is 0.400. The van der Waals surface area contributed by atoms with E-state index < -0.39 is 0 Å². The lowest BCUT2D eigenvalue weighted by Gasteiger charge is -2.30. The van der Waals surface area contributed by atoms with Crippen molar-refractivity contribution in [2.45, 2.75) is 51.6 Å². The molecule has 168 valence electrons. The highest BCUT2D eigenvalue weighted by atomic mass is 32.1. The monoisotopic (exact) mass is 448 g/mol. The van der Waals surface area contributed by atoms with E-state index in [4.69, 9.17) is 22.2 Å². The molecule has 0 saturated heterocycles. The first-order valence-corrected chi connectivity index (χ1v) is 11.6. The molecule has 3 aromatic rings. The fourth-order valence-corrected chi connectivity index (χ4v) is 4.71. The van der Waals surface area contributed by atoms with E-state index in [9.17, 15) is 0 Å². The van der Waals surface area contributed by atoms with Crippen LogP contribution in [0.4, 0.5) is 17.5 Å². The molecule has 2 aromatic carbocycles. The molecule has 3 N–H and O–H groups in total. The Morgan fingerprint density at radius 3 is 2.28 bits per heavy atom. The highest BCUT2D eigenvalue weighted by molar-refractivity contribution is 7.80. The maximum Gasteiger partial charge on any atom is 0.225 e. The van der Waals surface area contributed by atoms with Crippen LogP contribution in [0.2, 0.25) is 0 Å². The summed E-state index contributed by atoms with van der Waals surface area (Å²) in [5.41, 5.74) is 4.47. The van der Waals surface area contributed by atoms with Gasteiger partial charge < -0.3 is 20.9 Å². The molecule has 0 spiro atoms. The van der Waals surface area contributed by atoms with Gasteiger partial charge in [-0.2, -0.15) is 4.98 Å². The van der Waals surface area contributed by atoms with Gasteiger partial charge in [-0.1, -0.05) is 18.2 Å². The van der Waals surface area contributed by atoms with Crippen LogP contribution in [-0.2, 0) is 0 Å². The Hall–Kier alpha value is -2.93. The summed E-state index contributed by atoms with van der Waals surface area (Å²) >= 11 is 5.56. The third kappa shape index (κ3) is 5.46. The predicted molar refractivity (Wildman–Crippen MR) is 139 cm³/mol. The van der Waals surface area contributed by atoms with Gasteiger partial charge >= 0.3 is 0 Å². The molecule has 0 aliphatic heterocycles. The molecule has 32 heavy (non-hydrogen) atoms. The molecular weight excluding hydrogens is 416 g/mol. The van der Waals surface area contributed by atoms with Crippen LogP contribution in [0.5, 0.6) is 0 Å². The maximum absolute atomic E-state index is 5.56. The second-order valence-electron chi connectivity index (χ2n) is 8.95. The average Bonchev–Trinajstić information content (AvgIpc) is 2.73. The maximum atomic E-state index is 5.56. The summed E-state index contributed by atoms with van der Waals surface area (Å²) in [6, 6.07) is 15.3. The summed E-state index contributed by atoms with van der Waals surface area (Å²) < 4.78 is 0.